The van der Waals surface area contributed by atoms with E-state index in [1.54, 1.807) is 11.2 Å². The Bertz CT molecular complexity index is 1050. The first kappa shape index (κ1) is 25.3. The van der Waals surface area contributed by atoms with E-state index in [1.165, 1.54) is 0 Å². The van der Waals surface area contributed by atoms with Crippen molar-refractivity contribution in [1.29, 1.82) is 0 Å². The second-order valence-electron chi connectivity index (χ2n) is 9.79. The molecular weight excluding hydrogens is 543 g/mol. The van der Waals surface area contributed by atoms with E-state index < -0.39 is 8.32 Å². The van der Waals surface area contributed by atoms with Gasteiger partial charge in [-0.3, -0.25) is 14.6 Å². The summed E-state index contributed by atoms with van der Waals surface area (Å²) >= 11 is 2.13. The molecule has 0 spiro atoms. The van der Waals surface area contributed by atoms with Crippen LogP contribution < -0.4 is 11.5 Å². The summed E-state index contributed by atoms with van der Waals surface area (Å²) in [6.45, 7) is 11.4. The summed E-state index contributed by atoms with van der Waals surface area (Å²) in [5.41, 5.74) is 0.266. The van der Waals surface area contributed by atoms with E-state index in [9.17, 15) is 4.79 Å². The number of rotatable bonds is 7. The summed E-state index contributed by atoms with van der Waals surface area (Å²) < 4.78 is 15.3. The summed E-state index contributed by atoms with van der Waals surface area (Å²) in [5, 5.41) is 0.592. The third-order valence-electron chi connectivity index (χ3n) is 6.11. The number of H-pyrrole nitrogens is 1. The molecule has 0 aromatic carbocycles. The molecule has 178 valence electrons. The highest BCUT2D eigenvalue weighted by molar-refractivity contribution is 14.1. The summed E-state index contributed by atoms with van der Waals surface area (Å²) in [5.74, 6) is 5.83. The molecule has 1 aliphatic heterocycles. The van der Waals surface area contributed by atoms with Gasteiger partial charge in [0.1, 0.15) is 18.4 Å². The molecule has 2 aromatic heterocycles. The van der Waals surface area contributed by atoms with Crippen molar-refractivity contribution in [3.8, 4) is 0 Å². The van der Waals surface area contributed by atoms with Crippen LogP contribution in [-0.4, -0.2) is 67.0 Å². The van der Waals surface area contributed by atoms with Crippen LogP contribution in [0.25, 0.3) is 11.0 Å². The SMILES string of the molecule is CN(C)/C=N\c1nc2c(c(I)cn2[C@H]2C[C@@H](ON)[C@@H](CO[Si](C)(C)C(C)(C)C)O2)c(=O)[nH]1. The minimum absolute atomic E-state index is 0.0885. The Morgan fingerprint density at radius 3 is 2.75 bits per heavy atom. The molecular formula is C20H33IN6O4Si. The van der Waals surface area contributed by atoms with Crippen molar-refractivity contribution >= 4 is 54.2 Å². The van der Waals surface area contributed by atoms with Gasteiger partial charge in [-0.05, 0) is 40.7 Å². The van der Waals surface area contributed by atoms with Gasteiger partial charge in [-0.1, -0.05) is 20.8 Å². The first-order valence-corrected chi connectivity index (χ1v) is 14.5. The number of aromatic amines is 1. The maximum absolute atomic E-state index is 12.7. The zero-order valence-electron chi connectivity index (χ0n) is 19.7. The average Bonchev–Trinajstić information content (AvgIpc) is 3.24. The topological polar surface area (TPSA) is 120 Å². The van der Waals surface area contributed by atoms with Gasteiger partial charge in [0.25, 0.3) is 5.56 Å². The van der Waals surface area contributed by atoms with Crippen LogP contribution >= 0.6 is 22.6 Å². The molecule has 3 N–H and O–H groups in total. The quantitative estimate of drug-likeness (QED) is 0.171. The first-order chi connectivity index (χ1) is 14.8. The molecule has 0 aliphatic carbocycles. The van der Waals surface area contributed by atoms with Crippen molar-refractivity contribution in [1.82, 2.24) is 19.4 Å². The summed E-state index contributed by atoms with van der Waals surface area (Å²) in [6.07, 6.45) is 2.94. The lowest BCUT2D eigenvalue weighted by Gasteiger charge is -2.37. The fourth-order valence-electron chi connectivity index (χ4n) is 3.22. The van der Waals surface area contributed by atoms with Gasteiger partial charge in [0.2, 0.25) is 5.95 Å². The molecule has 1 aliphatic rings. The largest absolute Gasteiger partial charge is 0.414 e. The molecule has 10 nitrogen and oxygen atoms in total. The Labute approximate surface area is 202 Å². The van der Waals surface area contributed by atoms with Crippen LogP contribution in [0.2, 0.25) is 18.1 Å². The van der Waals surface area contributed by atoms with Crippen LogP contribution in [-0.2, 0) is 14.0 Å². The molecule has 1 saturated heterocycles. The Kier molecular flexibility index (Phi) is 7.51. The summed E-state index contributed by atoms with van der Waals surface area (Å²) in [7, 11) is 1.74. The fourth-order valence-corrected chi connectivity index (χ4v) is 5.02. The lowest BCUT2D eigenvalue weighted by atomic mass is 10.2. The zero-order valence-corrected chi connectivity index (χ0v) is 22.8. The van der Waals surface area contributed by atoms with Gasteiger partial charge in [-0.25, -0.2) is 10.9 Å². The van der Waals surface area contributed by atoms with Crippen molar-refractivity contribution < 1.29 is 14.0 Å². The second-order valence-corrected chi connectivity index (χ2v) is 15.8. The minimum atomic E-state index is -1.95. The summed E-state index contributed by atoms with van der Waals surface area (Å²) in [4.78, 5) is 31.2. The molecule has 12 heteroatoms. The maximum atomic E-state index is 12.7. The Morgan fingerprint density at radius 1 is 1.47 bits per heavy atom. The van der Waals surface area contributed by atoms with Gasteiger partial charge >= 0.3 is 0 Å². The molecule has 3 atom stereocenters. The van der Waals surface area contributed by atoms with E-state index in [4.69, 9.17) is 19.9 Å². The van der Waals surface area contributed by atoms with Crippen molar-refractivity contribution in [2.75, 3.05) is 20.7 Å². The second kappa shape index (κ2) is 9.50. The fraction of sp³-hybridized carbons (Fsp3) is 0.650. The third-order valence-corrected chi connectivity index (χ3v) is 11.4. The zero-order chi connectivity index (χ0) is 23.8. The Morgan fingerprint density at radius 2 is 2.16 bits per heavy atom. The normalized spacial score (nSPS) is 22.3. The van der Waals surface area contributed by atoms with Crippen molar-refractivity contribution in [3.63, 3.8) is 0 Å². The average molecular weight is 577 g/mol. The predicted molar refractivity (Wildman–Crippen MR) is 136 cm³/mol. The molecule has 3 heterocycles. The van der Waals surface area contributed by atoms with Gasteiger partial charge in [-0.15, -0.1) is 0 Å². The van der Waals surface area contributed by atoms with E-state index in [0.29, 0.717) is 24.1 Å². The number of hydrogen-bond donors (Lipinski definition) is 2. The molecule has 1 fully saturated rings. The van der Waals surface area contributed by atoms with Crippen LogP contribution in [0, 0.1) is 3.57 Å². The molecule has 0 radical (unpaired) electrons. The van der Waals surface area contributed by atoms with Crippen molar-refractivity contribution in [2.24, 2.45) is 10.9 Å². The molecule has 2 aromatic rings. The molecule has 0 amide bonds. The standard InChI is InChI=1S/C20H33IN6O4Si/c1-20(2,3)32(6,7)29-10-14-13(31-22)8-15(30-14)27-9-12(21)16-17(27)24-19(25-18(16)28)23-11-26(4)5/h9,11,13-15H,8,10,22H2,1-7H3,(H,24,25,28)/b23-11-/t13-,14-,15-/m1/s1. The molecule has 0 unspecified atom stereocenters. The highest BCUT2D eigenvalue weighted by Crippen LogP contribution is 2.38. The van der Waals surface area contributed by atoms with Gasteiger partial charge in [0, 0.05) is 30.3 Å². The van der Waals surface area contributed by atoms with Crippen LogP contribution in [0.1, 0.15) is 33.4 Å². The van der Waals surface area contributed by atoms with Crippen molar-refractivity contribution in [3.05, 3.63) is 20.1 Å². The number of fused-ring (bicyclic) bond motifs is 1. The number of halogens is 1. The molecule has 0 saturated carbocycles. The van der Waals surface area contributed by atoms with Gasteiger partial charge in [0.05, 0.1) is 18.3 Å². The maximum Gasteiger partial charge on any atom is 0.262 e. The van der Waals surface area contributed by atoms with E-state index in [0.717, 1.165) is 3.57 Å². The van der Waals surface area contributed by atoms with Crippen molar-refractivity contribution in [2.45, 2.75) is 63.8 Å². The van der Waals surface area contributed by atoms with Gasteiger partial charge in [0.15, 0.2) is 14.0 Å². The number of nitrogens with one attached hydrogen (secondary N) is 1. The Balaban J connectivity index is 1.89. The molecule has 3 rings (SSSR count). The predicted octanol–water partition coefficient (Wildman–Crippen LogP) is 3.12. The lowest BCUT2D eigenvalue weighted by Crippen LogP contribution is -2.44. The van der Waals surface area contributed by atoms with E-state index in [1.807, 2.05) is 24.9 Å². The van der Waals surface area contributed by atoms with E-state index >= 15 is 0 Å². The van der Waals surface area contributed by atoms with Crippen LogP contribution in [0.15, 0.2) is 16.0 Å². The highest BCUT2D eigenvalue weighted by Gasteiger charge is 2.42. The lowest BCUT2D eigenvalue weighted by molar-refractivity contribution is -0.0586. The summed E-state index contributed by atoms with van der Waals surface area (Å²) in [6, 6.07) is 0. The number of ether oxygens (including phenoxy) is 1. The van der Waals surface area contributed by atoms with Crippen LogP contribution in [0.3, 0.4) is 0 Å². The monoisotopic (exact) mass is 576 g/mol. The molecule has 0 bridgehead atoms. The van der Waals surface area contributed by atoms with E-state index in [2.05, 4.69) is 71.4 Å². The van der Waals surface area contributed by atoms with Gasteiger partial charge in [-0.2, -0.15) is 4.98 Å². The smallest absolute Gasteiger partial charge is 0.262 e. The van der Waals surface area contributed by atoms with Crippen LogP contribution in [0.4, 0.5) is 5.95 Å². The third kappa shape index (κ3) is 5.25. The minimum Gasteiger partial charge on any atom is -0.414 e. The van der Waals surface area contributed by atoms with Crippen LogP contribution in [0.5, 0.6) is 0 Å². The Hall–Kier alpha value is -1.32. The molecule has 32 heavy (non-hydrogen) atoms. The number of hydrogen-bond acceptors (Lipinski definition) is 7. The van der Waals surface area contributed by atoms with Gasteiger partial charge < -0.3 is 18.6 Å². The first-order valence-electron chi connectivity index (χ1n) is 10.5. The number of aromatic nitrogens is 3. The van der Waals surface area contributed by atoms with E-state index in [-0.39, 0.29) is 35.0 Å². The highest BCUT2D eigenvalue weighted by atomic mass is 127. The number of nitrogens with two attached hydrogens (primary N) is 1. The number of nitrogens with zero attached hydrogens (tertiary/aromatic N) is 4. The number of aliphatic imine (C=N–C) groups is 1.